The molecule has 2 unspecified atom stereocenters. The van der Waals surface area contributed by atoms with Crippen molar-refractivity contribution in [3.8, 4) is 9.75 Å². The van der Waals surface area contributed by atoms with Crippen LogP contribution in [0.25, 0.3) is 20.8 Å². The highest BCUT2D eigenvalue weighted by Gasteiger charge is 2.47. The Morgan fingerprint density at radius 1 is 0.675 bits per heavy atom. The minimum Gasteiger partial charge on any atom is -0.173 e. The molecular weight excluding hydrogens is 545 g/mol. The zero-order valence-corrected chi connectivity index (χ0v) is 28.6. The van der Waals surface area contributed by atoms with E-state index in [9.17, 15) is 0 Å². The van der Waals surface area contributed by atoms with Gasteiger partial charge in [0.25, 0.3) is 0 Å². The Kier molecular flexibility index (Phi) is 11.0. The smallest absolute Gasteiger partial charge is 0.107 e. The van der Waals surface area contributed by atoms with Crippen LogP contribution in [0.15, 0.2) is 24.3 Å². The number of thiophene rings is 2. The molecule has 0 fully saturated rings. The van der Waals surface area contributed by atoms with Crippen LogP contribution in [0.4, 0.5) is 0 Å². The van der Waals surface area contributed by atoms with Crippen molar-refractivity contribution < 1.29 is 0 Å². The van der Waals surface area contributed by atoms with Crippen molar-refractivity contribution in [2.75, 3.05) is 0 Å². The first-order valence-corrected chi connectivity index (χ1v) is 18.0. The standard InChI is InChI=1S/C27H42S2.C8H8N2S/c1-7-11-13-21(9-3)17-27(18-22(10-4)14-12-8-2)23-15-19(5)28-25(23)26-24(27)16-20(6)29-26;1-5-3-4-6(2)8-7(5)9-11-10-8/h15-16,21-22H,7-14,17-18H2,1-6H3;3-4H,1-2H3. The molecule has 5 heteroatoms. The molecule has 5 rings (SSSR count). The monoisotopic (exact) mass is 594 g/mol. The average Bonchev–Trinajstić information content (AvgIpc) is 3.72. The van der Waals surface area contributed by atoms with E-state index in [4.69, 9.17) is 0 Å². The summed E-state index contributed by atoms with van der Waals surface area (Å²) in [6.45, 7) is 18.3. The highest BCUT2D eigenvalue weighted by Crippen LogP contribution is 2.60. The first-order valence-electron chi connectivity index (χ1n) is 15.7. The van der Waals surface area contributed by atoms with Gasteiger partial charge in [-0.05, 0) is 86.8 Å². The Balaban J connectivity index is 0.000000278. The Hall–Kier alpha value is -1.56. The van der Waals surface area contributed by atoms with Crippen LogP contribution in [-0.4, -0.2) is 8.75 Å². The fourth-order valence-electron chi connectivity index (χ4n) is 6.73. The molecule has 3 aromatic heterocycles. The van der Waals surface area contributed by atoms with Crippen LogP contribution in [0, 0.1) is 39.5 Å². The first-order chi connectivity index (χ1) is 19.3. The third-order valence-corrected chi connectivity index (χ3v) is 11.9. The summed E-state index contributed by atoms with van der Waals surface area (Å²) in [5.41, 5.74) is 8.18. The number of nitrogens with zero attached hydrogens (tertiary/aromatic N) is 2. The molecule has 1 aliphatic rings. The third-order valence-electron chi connectivity index (χ3n) is 9.13. The quantitative estimate of drug-likeness (QED) is 0.163. The Morgan fingerprint density at radius 2 is 1.10 bits per heavy atom. The molecule has 0 saturated heterocycles. The summed E-state index contributed by atoms with van der Waals surface area (Å²) in [7, 11) is 0. The van der Waals surface area contributed by atoms with E-state index in [1.807, 2.05) is 0 Å². The predicted molar refractivity (Wildman–Crippen MR) is 181 cm³/mol. The van der Waals surface area contributed by atoms with Gasteiger partial charge in [0.1, 0.15) is 11.0 Å². The lowest BCUT2D eigenvalue weighted by Crippen LogP contribution is -2.31. The molecule has 1 aliphatic carbocycles. The second-order valence-corrected chi connectivity index (χ2v) is 15.2. The highest BCUT2D eigenvalue weighted by molar-refractivity contribution is 7.22. The molecule has 1 aromatic carbocycles. The molecular formula is C35H50N2S3. The zero-order chi connectivity index (χ0) is 28.9. The Morgan fingerprint density at radius 3 is 1.48 bits per heavy atom. The minimum atomic E-state index is 0.267. The van der Waals surface area contributed by atoms with Gasteiger partial charge >= 0.3 is 0 Å². The van der Waals surface area contributed by atoms with Gasteiger partial charge in [-0.3, -0.25) is 0 Å². The molecule has 0 amide bonds. The first kappa shape index (κ1) is 31.4. The van der Waals surface area contributed by atoms with Gasteiger partial charge in [-0.25, -0.2) is 0 Å². The van der Waals surface area contributed by atoms with E-state index in [1.165, 1.54) is 96.8 Å². The number of fused-ring (bicyclic) bond motifs is 4. The van der Waals surface area contributed by atoms with E-state index >= 15 is 0 Å². The summed E-state index contributed by atoms with van der Waals surface area (Å²) in [5.74, 6) is 1.69. The third kappa shape index (κ3) is 6.57. The zero-order valence-electron chi connectivity index (χ0n) is 26.2. The second kappa shape index (κ2) is 14.1. The summed E-state index contributed by atoms with van der Waals surface area (Å²) in [5, 5.41) is 0. The molecule has 4 aromatic rings. The largest absolute Gasteiger partial charge is 0.173 e. The summed E-state index contributed by atoms with van der Waals surface area (Å²) in [6, 6.07) is 9.31. The topological polar surface area (TPSA) is 25.8 Å². The van der Waals surface area contributed by atoms with Crippen molar-refractivity contribution in [1.29, 1.82) is 0 Å². The van der Waals surface area contributed by atoms with E-state index in [0.29, 0.717) is 0 Å². The van der Waals surface area contributed by atoms with Crippen molar-refractivity contribution in [3.05, 3.63) is 56.3 Å². The molecule has 218 valence electrons. The van der Waals surface area contributed by atoms with Gasteiger partial charge in [-0.15, -0.1) is 22.7 Å². The maximum Gasteiger partial charge on any atom is 0.107 e. The van der Waals surface area contributed by atoms with Gasteiger partial charge in [-0.2, -0.15) is 8.75 Å². The van der Waals surface area contributed by atoms with Crippen LogP contribution >= 0.6 is 34.4 Å². The van der Waals surface area contributed by atoms with Crippen molar-refractivity contribution in [3.63, 3.8) is 0 Å². The van der Waals surface area contributed by atoms with Crippen LogP contribution in [0.2, 0.25) is 0 Å². The van der Waals surface area contributed by atoms with Crippen LogP contribution in [0.1, 0.15) is 124 Å². The average molecular weight is 595 g/mol. The van der Waals surface area contributed by atoms with E-state index < -0.39 is 0 Å². The summed E-state index contributed by atoms with van der Waals surface area (Å²) in [4.78, 5) is 6.23. The molecule has 0 N–H and O–H groups in total. The summed E-state index contributed by atoms with van der Waals surface area (Å²) in [6.07, 6.45) is 13.6. The SMILES string of the molecule is CCCCC(CC)CC1(CC(CC)CCCC)c2cc(C)sc2-c2sc(C)cc21.Cc1ccc(C)c2nsnc12. The number of aromatic nitrogens is 2. The lowest BCUT2D eigenvalue weighted by atomic mass is 9.65. The highest BCUT2D eigenvalue weighted by atomic mass is 32.1. The van der Waals surface area contributed by atoms with Gasteiger partial charge in [0, 0.05) is 24.9 Å². The number of unbranched alkanes of at least 4 members (excludes halogenated alkanes) is 2. The predicted octanol–water partition coefficient (Wildman–Crippen LogP) is 12.2. The fourth-order valence-corrected chi connectivity index (χ4v) is 9.78. The van der Waals surface area contributed by atoms with Gasteiger partial charge < -0.3 is 0 Å². The van der Waals surface area contributed by atoms with E-state index in [2.05, 4.69) is 111 Å². The number of hydrogen-bond donors (Lipinski definition) is 0. The molecule has 0 radical (unpaired) electrons. The molecule has 2 nitrogen and oxygen atoms in total. The Labute approximate surface area is 256 Å². The van der Waals surface area contributed by atoms with Gasteiger partial charge in [0.05, 0.1) is 11.7 Å². The molecule has 40 heavy (non-hydrogen) atoms. The summed E-state index contributed by atoms with van der Waals surface area (Å²) < 4.78 is 8.42. The van der Waals surface area contributed by atoms with E-state index in [-0.39, 0.29) is 5.41 Å². The van der Waals surface area contributed by atoms with E-state index in [1.54, 1.807) is 20.9 Å². The van der Waals surface area contributed by atoms with Crippen molar-refractivity contribution >= 4 is 45.4 Å². The van der Waals surface area contributed by atoms with Crippen molar-refractivity contribution in [2.45, 2.75) is 125 Å². The maximum atomic E-state index is 4.21. The number of benzene rings is 1. The van der Waals surface area contributed by atoms with Crippen LogP contribution < -0.4 is 0 Å². The summed E-state index contributed by atoms with van der Waals surface area (Å²) >= 11 is 5.38. The number of rotatable bonds is 12. The molecule has 3 heterocycles. The van der Waals surface area contributed by atoms with Gasteiger partial charge in [-0.1, -0.05) is 91.2 Å². The molecule has 0 spiro atoms. The van der Waals surface area contributed by atoms with Crippen molar-refractivity contribution in [1.82, 2.24) is 8.75 Å². The molecule has 0 saturated carbocycles. The molecule has 0 aliphatic heterocycles. The molecule has 2 atom stereocenters. The maximum absolute atomic E-state index is 4.21. The second-order valence-electron chi connectivity index (χ2n) is 12.2. The lowest BCUT2D eigenvalue weighted by Gasteiger charge is -2.37. The van der Waals surface area contributed by atoms with Crippen LogP contribution in [0.3, 0.4) is 0 Å². The number of hydrogen-bond acceptors (Lipinski definition) is 5. The normalized spacial score (nSPS) is 15.0. The van der Waals surface area contributed by atoms with Gasteiger partial charge in [0.15, 0.2) is 0 Å². The Bertz CT molecular complexity index is 1270. The fraction of sp³-hybridized carbons (Fsp3) is 0.600. The number of aryl methyl sites for hydroxylation is 4. The van der Waals surface area contributed by atoms with Gasteiger partial charge in [0.2, 0.25) is 0 Å². The van der Waals surface area contributed by atoms with Crippen LogP contribution in [0.5, 0.6) is 0 Å². The van der Waals surface area contributed by atoms with Crippen LogP contribution in [-0.2, 0) is 5.41 Å². The van der Waals surface area contributed by atoms with E-state index in [0.717, 1.165) is 22.9 Å². The lowest BCUT2D eigenvalue weighted by molar-refractivity contribution is 0.266. The minimum absolute atomic E-state index is 0.267. The van der Waals surface area contributed by atoms with Crippen molar-refractivity contribution in [2.24, 2.45) is 11.8 Å². The molecule has 0 bridgehead atoms.